The normalized spacial score (nSPS) is 11.5. The highest BCUT2D eigenvalue weighted by molar-refractivity contribution is 9.10. The molecule has 0 bridgehead atoms. The van der Waals surface area contributed by atoms with Crippen LogP contribution in [0.4, 0.5) is 10.1 Å². The second-order valence-corrected chi connectivity index (χ2v) is 4.46. The standard InChI is InChI=1S/C11H15BrFN3O/c12-9-5-4-8(7-10(9)13)15-6-2-1-3-11(14)16-17/h4-5,7,15,17H,1-3,6H2,(H2,14,16). The molecule has 0 fully saturated rings. The Morgan fingerprint density at radius 1 is 1.47 bits per heavy atom. The first-order chi connectivity index (χ1) is 8.13. The van der Waals surface area contributed by atoms with Gasteiger partial charge in [-0.2, -0.15) is 0 Å². The maximum absolute atomic E-state index is 13.2. The Bertz CT molecular complexity index is 398. The van der Waals surface area contributed by atoms with Crippen molar-refractivity contribution < 1.29 is 9.60 Å². The van der Waals surface area contributed by atoms with E-state index in [0.29, 0.717) is 10.9 Å². The second-order valence-electron chi connectivity index (χ2n) is 3.60. The molecule has 0 aliphatic heterocycles. The lowest BCUT2D eigenvalue weighted by Gasteiger charge is -2.06. The number of hydrogen-bond donors (Lipinski definition) is 3. The highest BCUT2D eigenvalue weighted by Gasteiger charge is 2.00. The minimum atomic E-state index is -0.286. The maximum Gasteiger partial charge on any atom is 0.139 e. The summed E-state index contributed by atoms with van der Waals surface area (Å²) in [6, 6.07) is 4.90. The molecule has 0 aliphatic rings. The Balaban J connectivity index is 2.24. The van der Waals surface area contributed by atoms with Crippen molar-refractivity contribution in [3.63, 3.8) is 0 Å². The second kappa shape index (κ2) is 7.11. The van der Waals surface area contributed by atoms with Crippen molar-refractivity contribution >= 4 is 27.5 Å². The molecule has 0 amide bonds. The summed E-state index contributed by atoms with van der Waals surface area (Å²) in [6.07, 6.45) is 2.25. The number of nitrogens with two attached hydrogens (primary N) is 1. The van der Waals surface area contributed by atoms with Crippen LogP contribution in [0, 0.1) is 5.82 Å². The molecule has 4 nitrogen and oxygen atoms in total. The number of hydrogen-bond acceptors (Lipinski definition) is 3. The fourth-order valence-corrected chi connectivity index (χ4v) is 1.57. The molecule has 1 rings (SSSR count). The van der Waals surface area contributed by atoms with Crippen LogP contribution in [0.3, 0.4) is 0 Å². The topological polar surface area (TPSA) is 70.6 Å². The van der Waals surface area contributed by atoms with Crippen LogP contribution in [0.2, 0.25) is 0 Å². The summed E-state index contributed by atoms with van der Waals surface area (Å²) in [4.78, 5) is 0. The van der Waals surface area contributed by atoms with Gasteiger partial charge in [0.2, 0.25) is 0 Å². The molecule has 1 aromatic rings. The van der Waals surface area contributed by atoms with Crippen LogP contribution in [0.15, 0.2) is 27.8 Å². The van der Waals surface area contributed by atoms with Gasteiger partial charge in [0, 0.05) is 18.7 Å². The maximum atomic E-state index is 13.2. The molecule has 0 aromatic heterocycles. The van der Waals surface area contributed by atoms with Crippen LogP contribution >= 0.6 is 15.9 Å². The molecule has 1 aromatic carbocycles. The summed E-state index contributed by atoms with van der Waals surface area (Å²) in [5, 5.41) is 14.3. The summed E-state index contributed by atoms with van der Waals surface area (Å²) in [5.74, 6) is -0.0497. The van der Waals surface area contributed by atoms with E-state index in [4.69, 9.17) is 10.9 Å². The van der Waals surface area contributed by atoms with E-state index in [1.54, 1.807) is 12.1 Å². The predicted octanol–water partition coefficient (Wildman–Crippen LogP) is 2.92. The fraction of sp³-hybridized carbons (Fsp3) is 0.364. The van der Waals surface area contributed by atoms with E-state index in [1.807, 2.05) is 0 Å². The fourth-order valence-electron chi connectivity index (χ4n) is 1.32. The molecular weight excluding hydrogens is 289 g/mol. The van der Waals surface area contributed by atoms with Crippen molar-refractivity contribution in [1.29, 1.82) is 0 Å². The third-order valence-electron chi connectivity index (χ3n) is 2.24. The molecule has 0 spiro atoms. The number of benzene rings is 1. The van der Waals surface area contributed by atoms with E-state index in [1.165, 1.54) is 6.07 Å². The van der Waals surface area contributed by atoms with Crippen LogP contribution in [0.5, 0.6) is 0 Å². The largest absolute Gasteiger partial charge is 0.409 e. The number of amidine groups is 1. The zero-order valence-corrected chi connectivity index (χ0v) is 10.9. The Labute approximate surface area is 108 Å². The van der Waals surface area contributed by atoms with Crippen LogP contribution in [-0.2, 0) is 0 Å². The molecular formula is C11H15BrFN3O. The van der Waals surface area contributed by atoms with Crippen LogP contribution in [0.1, 0.15) is 19.3 Å². The van der Waals surface area contributed by atoms with E-state index >= 15 is 0 Å². The zero-order chi connectivity index (χ0) is 12.7. The monoisotopic (exact) mass is 303 g/mol. The number of oxime groups is 1. The molecule has 0 aliphatic carbocycles. The Morgan fingerprint density at radius 2 is 2.24 bits per heavy atom. The van der Waals surface area contributed by atoms with Crippen molar-refractivity contribution in [1.82, 2.24) is 0 Å². The molecule has 0 heterocycles. The molecule has 0 unspecified atom stereocenters. The van der Waals surface area contributed by atoms with Gasteiger partial charge in [-0.25, -0.2) is 4.39 Å². The number of anilines is 1. The molecule has 17 heavy (non-hydrogen) atoms. The molecule has 0 atom stereocenters. The first-order valence-electron chi connectivity index (χ1n) is 5.29. The Hall–Kier alpha value is -1.30. The summed E-state index contributed by atoms with van der Waals surface area (Å²) in [5.41, 5.74) is 6.07. The Kier molecular flexibility index (Phi) is 5.76. The van der Waals surface area contributed by atoms with Gasteiger partial charge in [-0.1, -0.05) is 5.16 Å². The summed E-state index contributed by atoms with van der Waals surface area (Å²) in [6.45, 7) is 0.722. The minimum absolute atomic E-state index is 0.236. The molecule has 6 heteroatoms. The van der Waals surface area contributed by atoms with Crippen LogP contribution < -0.4 is 11.1 Å². The van der Waals surface area contributed by atoms with Gasteiger partial charge in [-0.15, -0.1) is 0 Å². The highest BCUT2D eigenvalue weighted by Crippen LogP contribution is 2.19. The first kappa shape index (κ1) is 13.8. The molecule has 94 valence electrons. The van der Waals surface area contributed by atoms with Crippen molar-refractivity contribution in [3.05, 3.63) is 28.5 Å². The summed E-state index contributed by atoms with van der Waals surface area (Å²) < 4.78 is 13.6. The third kappa shape index (κ3) is 5.04. The van der Waals surface area contributed by atoms with Crippen molar-refractivity contribution in [2.45, 2.75) is 19.3 Å². The van der Waals surface area contributed by atoms with Gasteiger partial charge in [0.15, 0.2) is 0 Å². The van der Waals surface area contributed by atoms with Gasteiger partial charge in [0.25, 0.3) is 0 Å². The molecule has 0 saturated heterocycles. The third-order valence-corrected chi connectivity index (χ3v) is 2.88. The van der Waals surface area contributed by atoms with E-state index in [-0.39, 0.29) is 11.7 Å². The van der Waals surface area contributed by atoms with Crippen molar-refractivity contribution in [3.8, 4) is 0 Å². The smallest absolute Gasteiger partial charge is 0.139 e. The Morgan fingerprint density at radius 3 is 2.88 bits per heavy atom. The number of nitrogens with zero attached hydrogens (tertiary/aromatic N) is 1. The van der Waals surface area contributed by atoms with Crippen molar-refractivity contribution in [2.24, 2.45) is 10.9 Å². The number of rotatable bonds is 6. The van der Waals surface area contributed by atoms with Gasteiger partial charge in [-0.05, 0) is 47.0 Å². The quantitative estimate of drug-likeness (QED) is 0.249. The van der Waals surface area contributed by atoms with E-state index in [0.717, 1.165) is 25.1 Å². The van der Waals surface area contributed by atoms with Crippen LogP contribution in [0.25, 0.3) is 0 Å². The van der Waals surface area contributed by atoms with Gasteiger partial charge >= 0.3 is 0 Å². The summed E-state index contributed by atoms with van der Waals surface area (Å²) >= 11 is 3.09. The average Bonchev–Trinajstić information content (AvgIpc) is 2.33. The minimum Gasteiger partial charge on any atom is -0.409 e. The highest BCUT2D eigenvalue weighted by atomic mass is 79.9. The zero-order valence-electron chi connectivity index (χ0n) is 9.29. The van der Waals surface area contributed by atoms with Crippen LogP contribution in [-0.4, -0.2) is 17.6 Å². The van der Waals surface area contributed by atoms with E-state index in [2.05, 4.69) is 26.4 Å². The van der Waals surface area contributed by atoms with Gasteiger partial charge < -0.3 is 16.3 Å². The number of halogens is 2. The summed E-state index contributed by atoms with van der Waals surface area (Å²) in [7, 11) is 0. The SMILES string of the molecule is NC(CCCCNc1ccc(Br)c(F)c1)=NO. The number of unbranched alkanes of at least 4 members (excludes halogenated alkanes) is 1. The molecule has 0 saturated carbocycles. The molecule has 0 radical (unpaired) electrons. The van der Waals surface area contributed by atoms with Gasteiger partial charge in [-0.3, -0.25) is 0 Å². The number of nitrogens with one attached hydrogen (secondary N) is 1. The average molecular weight is 304 g/mol. The van der Waals surface area contributed by atoms with E-state index in [9.17, 15) is 4.39 Å². The van der Waals surface area contributed by atoms with Gasteiger partial charge in [0.1, 0.15) is 11.7 Å². The molecule has 4 N–H and O–H groups in total. The van der Waals surface area contributed by atoms with Crippen molar-refractivity contribution in [2.75, 3.05) is 11.9 Å². The van der Waals surface area contributed by atoms with E-state index < -0.39 is 0 Å². The predicted molar refractivity (Wildman–Crippen MR) is 69.8 cm³/mol. The lowest BCUT2D eigenvalue weighted by molar-refractivity contribution is 0.316. The first-order valence-corrected chi connectivity index (χ1v) is 6.08. The van der Waals surface area contributed by atoms with Gasteiger partial charge in [0.05, 0.1) is 4.47 Å². The lowest BCUT2D eigenvalue weighted by Crippen LogP contribution is -2.11. The lowest BCUT2D eigenvalue weighted by atomic mass is 10.2.